The predicted molar refractivity (Wildman–Crippen MR) is 72.0 cm³/mol. The molecule has 2 aromatic rings. The van der Waals surface area contributed by atoms with Gasteiger partial charge in [0, 0.05) is 35.6 Å². The summed E-state index contributed by atoms with van der Waals surface area (Å²) in [7, 11) is 0. The van der Waals surface area contributed by atoms with Crippen molar-refractivity contribution in [1.82, 2.24) is 0 Å². The lowest BCUT2D eigenvalue weighted by Gasteiger charge is -2.20. The van der Waals surface area contributed by atoms with Crippen molar-refractivity contribution >= 4 is 11.4 Å². The maximum absolute atomic E-state index is 13.7. The van der Waals surface area contributed by atoms with Crippen LogP contribution in [0.4, 0.5) is 20.2 Å². The zero-order valence-corrected chi connectivity index (χ0v) is 10.4. The number of nitrogen functional groups attached to an aromatic ring is 1. The first-order chi connectivity index (χ1) is 9.16. The predicted octanol–water partition coefficient (Wildman–Crippen LogP) is 3.11. The van der Waals surface area contributed by atoms with E-state index in [0.717, 1.165) is 36.0 Å². The molecule has 2 nitrogen and oxygen atoms in total. The van der Waals surface area contributed by atoms with Gasteiger partial charge >= 0.3 is 0 Å². The molecule has 1 heterocycles. The van der Waals surface area contributed by atoms with Crippen molar-refractivity contribution in [3.63, 3.8) is 0 Å². The lowest BCUT2D eigenvalue weighted by atomic mass is 10.1. The normalized spacial score (nSPS) is 13.7. The molecule has 0 saturated carbocycles. The first-order valence-electron chi connectivity index (χ1n) is 6.22. The van der Waals surface area contributed by atoms with E-state index in [0.29, 0.717) is 12.1 Å². The Morgan fingerprint density at radius 2 is 1.89 bits per heavy atom. The number of hydrogen-bond donors (Lipinski definition) is 1. The maximum Gasteiger partial charge on any atom is 0.163 e. The average molecular weight is 260 g/mol. The SMILES string of the molecule is Nc1cccc2c1CCN2Cc1cccc(F)c1F. The van der Waals surface area contributed by atoms with Crippen LogP contribution in [-0.2, 0) is 13.0 Å². The molecule has 0 fully saturated rings. The Morgan fingerprint density at radius 3 is 2.74 bits per heavy atom. The van der Waals surface area contributed by atoms with Gasteiger partial charge in [0.05, 0.1) is 0 Å². The van der Waals surface area contributed by atoms with Crippen molar-refractivity contribution in [2.75, 3.05) is 17.2 Å². The van der Waals surface area contributed by atoms with E-state index in [1.54, 1.807) is 6.07 Å². The molecule has 0 unspecified atom stereocenters. The molecule has 0 spiro atoms. The maximum atomic E-state index is 13.7. The lowest BCUT2D eigenvalue weighted by molar-refractivity contribution is 0.497. The van der Waals surface area contributed by atoms with Crippen LogP contribution in [0, 0.1) is 11.6 Å². The van der Waals surface area contributed by atoms with Gasteiger partial charge in [-0.05, 0) is 24.6 Å². The molecule has 0 saturated heterocycles. The minimum atomic E-state index is -0.801. The van der Waals surface area contributed by atoms with Crippen LogP contribution >= 0.6 is 0 Å². The van der Waals surface area contributed by atoms with Crippen molar-refractivity contribution in [2.24, 2.45) is 0 Å². The molecule has 2 N–H and O–H groups in total. The molecule has 0 aromatic heterocycles. The Balaban J connectivity index is 1.91. The molecule has 19 heavy (non-hydrogen) atoms. The number of benzene rings is 2. The molecule has 4 heteroatoms. The van der Waals surface area contributed by atoms with Crippen LogP contribution < -0.4 is 10.6 Å². The minimum Gasteiger partial charge on any atom is -0.398 e. The monoisotopic (exact) mass is 260 g/mol. The van der Waals surface area contributed by atoms with Gasteiger partial charge in [-0.25, -0.2) is 8.78 Å². The smallest absolute Gasteiger partial charge is 0.163 e. The summed E-state index contributed by atoms with van der Waals surface area (Å²) in [4.78, 5) is 2.03. The van der Waals surface area contributed by atoms with E-state index in [1.807, 2.05) is 23.1 Å². The highest BCUT2D eigenvalue weighted by atomic mass is 19.2. The van der Waals surface area contributed by atoms with Gasteiger partial charge in [-0.3, -0.25) is 0 Å². The Hall–Kier alpha value is -2.10. The average Bonchev–Trinajstić information content (AvgIpc) is 2.80. The number of rotatable bonds is 2. The van der Waals surface area contributed by atoms with E-state index >= 15 is 0 Å². The van der Waals surface area contributed by atoms with E-state index in [9.17, 15) is 8.78 Å². The third-order valence-electron chi connectivity index (χ3n) is 3.55. The van der Waals surface area contributed by atoms with E-state index in [4.69, 9.17) is 5.73 Å². The Morgan fingerprint density at radius 1 is 1.11 bits per heavy atom. The number of fused-ring (bicyclic) bond motifs is 1. The summed E-state index contributed by atoms with van der Waals surface area (Å²) >= 11 is 0. The summed E-state index contributed by atoms with van der Waals surface area (Å²) in [5, 5.41) is 0. The molecule has 98 valence electrons. The second-order valence-electron chi connectivity index (χ2n) is 4.73. The number of hydrogen-bond acceptors (Lipinski definition) is 2. The second kappa shape index (κ2) is 4.53. The molecule has 1 aliphatic heterocycles. The van der Waals surface area contributed by atoms with Crippen LogP contribution in [0.5, 0.6) is 0 Å². The summed E-state index contributed by atoms with van der Waals surface area (Å²) in [6, 6.07) is 10.00. The van der Waals surface area contributed by atoms with Crippen molar-refractivity contribution in [2.45, 2.75) is 13.0 Å². The van der Waals surface area contributed by atoms with Crippen LogP contribution in [-0.4, -0.2) is 6.54 Å². The molecule has 3 rings (SSSR count). The van der Waals surface area contributed by atoms with Gasteiger partial charge in [-0.2, -0.15) is 0 Å². The third kappa shape index (κ3) is 2.03. The standard InChI is InChI=1S/C15H14F2N2/c16-12-4-1-3-10(15(12)17)9-19-8-7-11-13(18)5-2-6-14(11)19/h1-6H,7-9,18H2. The molecule has 0 bridgehead atoms. The quantitative estimate of drug-likeness (QED) is 0.841. The molecule has 0 atom stereocenters. The van der Waals surface area contributed by atoms with Crippen molar-refractivity contribution in [3.05, 3.63) is 59.2 Å². The van der Waals surface area contributed by atoms with Gasteiger partial charge in [-0.15, -0.1) is 0 Å². The van der Waals surface area contributed by atoms with Crippen LogP contribution in [0.3, 0.4) is 0 Å². The van der Waals surface area contributed by atoms with Gasteiger partial charge in [0.2, 0.25) is 0 Å². The van der Waals surface area contributed by atoms with Crippen molar-refractivity contribution < 1.29 is 8.78 Å². The first-order valence-corrected chi connectivity index (χ1v) is 6.22. The first kappa shape index (κ1) is 12.0. The van der Waals surface area contributed by atoms with Gasteiger partial charge < -0.3 is 10.6 Å². The minimum absolute atomic E-state index is 0.361. The lowest BCUT2D eigenvalue weighted by Crippen LogP contribution is -2.20. The number of halogens is 2. The summed E-state index contributed by atoms with van der Waals surface area (Å²) in [5.41, 5.74) is 9.17. The zero-order valence-electron chi connectivity index (χ0n) is 10.4. The highest BCUT2D eigenvalue weighted by Crippen LogP contribution is 2.33. The van der Waals surface area contributed by atoms with E-state index in [2.05, 4.69) is 0 Å². The van der Waals surface area contributed by atoms with Crippen molar-refractivity contribution in [1.29, 1.82) is 0 Å². The molecule has 0 radical (unpaired) electrons. The fourth-order valence-corrected chi connectivity index (χ4v) is 2.57. The van der Waals surface area contributed by atoms with E-state index in [1.165, 1.54) is 6.07 Å². The largest absolute Gasteiger partial charge is 0.398 e. The Bertz CT molecular complexity index is 626. The van der Waals surface area contributed by atoms with Gasteiger partial charge in [0.1, 0.15) is 0 Å². The van der Waals surface area contributed by atoms with Crippen LogP contribution in [0.15, 0.2) is 36.4 Å². The summed E-state index contributed by atoms with van der Waals surface area (Å²) in [6.07, 6.45) is 0.846. The molecule has 0 aliphatic carbocycles. The zero-order chi connectivity index (χ0) is 13.4. The van der Waals surface area contributed by atoms with Gasteiger partial charge in [0.25, 0.3) is 0 Å². The molecule has 2 aromatic carbocycles. The number of nitrogens with zero attached hydrogens (tertiary/aromatic N) is 1. The van der Waals surface area contributed by atoms with Crippen LogP contribution in [0.1, 0.15) is 11.1 Å². The van der Waals surface area contributed by atoms with Gasteiger partial charge in [-0.1, -0.05) is 18.2 Å². The van der Waals surface area contributed by atoms with Gasteiger partial charge in [0.15, 0.2) is 11.6 Å². The van der Waals surface area contributed by atoms with Crippen LogP contribution in [0.2, 0.25) is 0 Å². The molecule has 0 amide bonds. The third-order valence-corrected chi connectivity index (χ3v) is 3.55. The highest BCUT2D eigenvalue weighted by molar-refractivity contribution is 5.68. The highest BCUT2D eigenvalue weighted by Gasteiger charge is 2.22. The van der Waals surface area contributed by atoms with E-state index < -0.39 is 11.6 Å². The van der Waals surface area contributed by atoms with E-state index in [-0.39, 0.29) is 0 Å². The topological polar surface area (TPSA) is 29.3 Å². The van der Waals surface area contributed by atoms with Crippen molar-refractivity contribution in [3.8, 4) is 0 Å². The second-order valence-corrected chi connectivity index (χ2v) is 4.73. The molecular formula is C15H14F2N2. The fraction of sp³-hybridized carbons (Fsp3) is 0.200. The fourth-order valence-electron chi connectivity index (χ4n) is 2.57. The Labute approximate surface area is 110 Å². The molecular weight excluding hydrogens is 246 g/mol. The van der Waals surface area contributed by atoms with Crippen LogP contribution in [0.25, 0.3) is 0 Å². The summed E-state index contributed by atoms with van der Waals surface area (Å²) < 4.78 is 26.9. The number of nitrogens with two attached hydrogens (primary N) is 1. The Kier molecular flexibility index (Phi) is 2.85. The summed E-state index contributed by atoms with van der Waals surface area (Å²) in [5.74, 6) is -1.57. The molecule has 1 aliphatic rings. The summed E-state index contributed by atoms with van der Waals surface area (Å²) in [6.45, 7) is 1.14. The number of anilines is 2.